The van der Waals surface area contributed by atoms with Gasteiger partial charge in [0.2, 0.25) is 5.91 Å². The summed E-state index contributed by atoms with van der Waals surface area (Å²) in [5.74, 6) is -0.696. The molecule has 7 heteroatoms. The van der Waals surface area contributed by atoms with Gasteiger partial charge in [-0.05, 0) is 62.2 Å². The minimum atomic E-state index is -1.15. The van der Waals surface area contributed by atoms with E-state index in [1.165, 1.54) is 0 Å². The van der Waals surface area contributed by atoms with Gasteiger partial charge in [0.05, 0.1) is 0 Å². The van der Waals surface area contributed by atoms with Crippen molar-refractivity contribution >= 4 is 34.9 Å². The first-order valence-corrected chi connectivity index (χ1v) is 12.8. The van der Waals surface area contributed by atoms with Gasteiger partial charge in [-0.2, -0.15) is 0 Å². The number of hydrogen-bond donors (Lipinski definition) is 2. The lowest BCUT2D eigenvalue weighted by Crippen LogP contribution is -2.47. The fourth-order valence-corrected chi connectivity index (χ4v) is 4.78. The molecule has 37 heavy (non-hydrogen) atoms. The van der Waals surface area contributed by atoms with Crippen molar-refractivity contribution in [2.24, 2.45) is 0 Å². The van der Waals surface area contributed by atoms with E-state index in [1.54, 1.807) is 4.90 Å². The van der Waals surface area contributed by atoms with E-state index in [0.717, 1.165) is 34.7 Å². The normalized spacial score (nSPS) is 17.1. The fraction of sp³-hybridized carbons (Fsp3) is 0.300. The summed E-state index contributed by atoms with van der Waals surface area (Å²) in [5, 5.41) is 6.25. The number of imide groups is 1. The third-order valence-corrected chi connectivity index (χ3v) is 6.63. The molecular formula is C30H34N4O3. The van der Waals surface area contributed by atoms with Crippen molar-refractivity contribution in [2.75, 3.05) is 16.8 Å². The predicted octanol–water partition coefficient (Wildman–Crippen LogP) is 5.81. The molecule has 1 atom stereocenters. The zero-order valence-electron chi connectivity index (χ0n) is 21.6. The smallest absolute Gasteiger partial charge is 0.325 e. The fourth-order valence-electron chi connectivity index (χ4n) is 4.78. The van der Waals surface area contributed by atoms with E-state index in [1.807, 2.05) is 106 Å². The topological polar surface area (TPSA) is 81.8 Å². The van der Waals surface area contributed by atoms with Gasteiger partial charge in [-0.25, -0.2) is 4.79 Å². The molecule has 4 amide bonds. The molecule has 1 unspecified atom stereocenters. The summed E-state index contributed by atoms with van der Waals surface area (Å²) in [6.07, 6.45) is 2.13. The number of rotatable bonds is 10. The second-order valence-corrected chi connectivity index (χ2v) is 9.59. The van der Waals surface area contributed by atoms with Crippen molar-refractivity contribution in [1.82, 2.24) is 10.2 Å². The number of unbranched alkanes of at least 4 members (excludes halogenated alkanes) is 1. The lowest BCUT2D eigenvalue weighted by Gasteiger charge is -2.29. The van der Waals surface area contributed by atoms with Gasteiger partial charge in [0.25, 0.3) is 5.91 Å². The Morgan fingerprint density at radius 1 is 0.919 bits per heavy atom. The Morgan fingerprint density at radius 2 is 1.51 bits per heavy atom. The highest BCUT2D eigenvalue weighted by atomic mass is 16.2. The maximum absolute atomic E-state index is 13.7. The summed E-state index contributed by atoms with van der Waals surface area (Å²) in [4.78, 5) is 42.9. The van der Waals surface area contributed by atoms with Crippen LogP contribution in [0.1, 0.15) is 45.6 Å². The van der Waals surface area contributed by atoms with Crippen LogP contribution >= 0.6 is 0 Å². The molecule has 1 heterocycles. The van der Waals surface area contributed by atoms with Crippen molar-refractivity contribution < 1.29 is 14.4 Å². The Balaban J connectivity index is 1.53. The van der Waals surface area contributed by atoms with E-state index < -0.39 is 11.6 Å². The highest BCUT2D eigenvalue weighted by molar-refractivity contribution is 6.10. The van der Waals surface area contributed by atoms with E-state index in [0.29, 0.717) is 12.1 Å². The van der Waals surface area contributed by atoms with Gasteiger partial charge in [0.1, 0.15) is 12.1 Å². The molecule has 4 rings (SSSR count). The maximum atomic E-state index is 13.7. The standard InChI is InChI=1S/C30H34N4O3/c1-4-5-20-30(23-12-8-6-9-13-23)28(36)33(29(37)32-30)21-27(35)34(22(2)3)26-18-16-25(17-19-26)31-24-14-10-7-11-15-24/h6-19,22,31H,4-5,20-21H2,1-3H3,(H,32,37). The second kappa shape index (κ2) is 11.3. The van der Waals surface area contributed by atoms with E-state index in [2.05, 4.69) is 10.6 Å². The number of amides is 4. The summed E-state index contributed by atoms with van der Waals surface area (Å²) in [7, 11) is 0. The number of benzene rings is 3. The largest absolute Gasteiger partial charge is 0.356 e. The Bertz CT molecular complexity index is 1230. The minimum absolute atomic E-state index is 0.167. The Kier molecular flexibility index (Phi) is 7.92. The minimum Gasteiger partial charge on any atom is -0.356 e. The summed E-state index contributed by atoms with van der Waals surface area (Å²) in [6.45, 7) is 5.54. The van der Waals surface area contributed by atoms with Gasteiger partial charge in [0.15, 0.2) is 0 Å². The summed E-state index contributed by atoms with van der Waals surface area (Å²) < 4.78 is 0. The van der Waals surface area contributed by atoms with Gasteiger partial charge in [-0.3, -0.25) is 14.5 Å². The van der Waals surface area contributed by atoms with Crippen LogP contribution in [-0.4, -0.2) is 35.3 Å². The van der Waals surface area contributed by atoms with Crippen LogP contribution in [-0.2, 0) is 15.1 Å². The summed E-state index contributed by atoms with van der Waals surface area (Å²) in [5.41, 5.74) is 2.14. The van der Waals surface area contributed by atoms with Gasteiger partial charge in [-0.15, -0.1) is 0 Å². The van der Waals surface area contributed by atoms with Crippen molar-refractivity contribution in [3.8, 4) is 0 Å². The van der Waals surface area contributed by atoms with Crippen molar-refractivity contribution in [3.63, 3.8) is 0 Å². The lowest BCUT2D eigenvalue weighted by molar-refractivity contribution is -0.135. The number of nitrogens with one attached hydrogen (secondary N) is 2. The predicted molar refractivity (Wildman–Crippen MR) is 147 cm³/mol. The third-order valence-electron chi connectivity index (χ3n) is 6.63. The van der Waals surface area contributed by atoms with E-state index in [4.69, 9.17) is 0 Å². The molecule has 1 fully saturated rings. The molecule has 3 aromatic rings. The molecular weight excluding hydrogens is 464 g/mol. The zero-order valence-corrected chi connectivity index (χ0v) is 21.6. The van der Waals surface area contributed by atoms with Crippen molar-refractivity contribution in [2.45, 2.75) is 51.6 Å². The van der Waals surface area contributed by atoms with Crippen LogP contribution in [0.4, 0.5) is 21.9 Å². The number of hydrogen-bond acceptors (Lipinski definition) is 4. The molecule has 0 aliphatic carbocycles. The Hall–Kier alpha value is -4.13. The van der Waals surface area contributed by atoms with Gasteiger partial charge in [0, 0.05) is 23.1 Å². The first-order valence-electron chi connectivity index (χ1n) is 12.8. The Labute approximate surface area is 218 Å². The lowest BCUT2D eigenvalue weighted by atomic mass is 9.85. The van der Waals surface area contributed by atoms with Gasteiger partial charge in [-0.1, -0.05) is 68.3 Å². The molecule has 1 aliphatic heterocycles. The van der Waals surface area contributed by atoms with E-state index in [9.17, 15) is 14.4 Å². The number of urea groups is 1. The average Bonchev–Trinajstić information content (AvgIpc) is 3.14. The number of nitrogens with zero attached hydrogens (tertiary/aromatic N) is 2. The highest BCUT2D eigenvalue weighted by Crippen LogP contribution is 2.34. The molecule has 0 aromatic heterocycles. The first-order chi connectivity index (χ1) is 17.9. The number of carbonyl (C=O) groups is 3. The average molecular weight is 499 g/mol. The Morgan fingerprint density at radius 3 is 2.11 bits per heavy atom. The maximum Gasteiger partial charge on any atom is 0.325 e. The quantitative estimate of drug-likeness (QED) is 0.346. The van der Waals surface area contributed by atoms with E-state index >= 15 is 0 Å². The van der Waals surface area contributed by atoms with Crippen LogP contribution in [0.2, 0.25) is 0 Å². The molecule has 1 saturated heterocycles. The van der Waals surface area contributed by atoms with Crippen LogP contribution in [0.5, 0.6) is 0 Å². The highest BCUT2D eigenvalue weighted by Gasteiger charge is 2.52. The molecule has 0 spiro atoms. The summed E-state index contributed by atoms with van der Waals surface area (Å²) >= 11 is 0. The SMILES string of the molecule is CCCCC1(c2ccccc2)NC(=O)N(CC(=O)N(c2ccc(Nc3ccccc3)cc2)C(C)C)C1=O. The number of anilines is 3. The van der Waals surface area contributed by atoms with Crippen LogP contribution in [0.3, 0.4) is 0 Å². The number of carbonyl (C=O) groups excluding carboxylic acids is 3. The zero-order chi connectivity index (χ0) is 26.4. The van der Waals surface area contributed by atoms with Gasteiger partial charge >= 0.3 is 6.03 Å². The monoisotopic (exact) mass is 498 g/mol. The molecule has 0 saturated carbocycles. The first kappa shape index (κ1) is 25.9. The van der Waals surface area contributed by atoms with Crippen molar-refractivity contribution in [3.05, 3.63) is 90.5 Å². The third kappa shape index (κ3) is 5.50. The molecule has 0 radical (unpaired) electrons. The summed E-state index contributed by atoms with van der Waals surface area (Å²) in [6, 6.07) is 26.0. The van der Waals surface area contributed by atoms with Gasteiger partial charge < -0.3 is 15.5 Å². The van der Waals surface area contributed by atoms with Crippen LogP contribution in [0.15, 0.2) is 84.9 Å². The van der Waals surface area contributed by atoms with Crippen LogP contribution < -0.4 is 15.5 Å². The molecule has 3 aromatic carbocycles. The number of para-hydroxylation sites is 1. The molecule has 192 valence electrons. The van der Waals surface area contributed by atoms with Crippen molar-refractivity contribution in [1.29, 1.82) is 0 Å². The molecule has 0 bridgehead atoms. The van der Waals surface area contributed by atoms with Crippen LogP contribution in [0.25, 0.3) is 0 Å². The second-order valence-electron chi connectivity index (χ2n) is 9.59. The van der Waals surface area contributed by atoms with E-state index in [-0.39, 0.29) is 24.4 Å². The van der Waals surface area contributed by atoms with Crippen LogP contribution in [0, 0.1) is 0 Å². The molecule has 2 N–H and O–H groups in total. The molecule has 7 nitrogen and oxygen atoms in total. The molecule has 1 aliphatic rings.